The van der Waals surface area contributed by atoms with Gasteiger partial charge in [0.05, 0.1) is 6.61 Å². The SMILES string of the molecule is CCCCCCCCCCCCCCOC(=O)COC(=O)C(Cc1ccc(O)c(O)c1)NC(=O)OCc1ccccc1. The number of phenolic OH excluding ortho intramolecular Hbond substituents is 2. The summed E-state index contributed by atoms with van der Waals surface area (Å²) in [5, 5.41) is 21.8. The molecule has 0 bridgehead atoms. The molecule has 1 unspecified atom stereocenters. The van der Waals surface area contributed by atoms with Gasteiger partial charge in [-0.25, -0.2) is 14.4 Å². The van der Waals surface area contributed by atoms with Crippen molar-refractivity contribution in [2.24, 2.45) is 0 Å². The first-order valence-electron chi connectivity index (χ1n) is 15.2. The molecule has 0 aliphatic rings. The zero-order valence-corrected chi connectivity index (χ0v) is 24.9. The number of esters is 2. The Kier molecular flexibility index (Phi) is 17.2. The van der Waals surface area contributed by atoms with E-state index in [0.29, 0.717) is 5.56 Å². The maximum absolute atomic E-state index is 12.8. The summed E-state index contributed by atoms with van der Waals surface area (Å²) < 4.78 is 15.5. The molecule has 42 heavy (non-hydrogen) atoms. The summed E-state index contributed by atoms with van der Waals surface area (Å²) in [4.78, 5) is 37.3. The van der Waals surface area contributed by atoms with Gasteiger partial charge in [0.25, 0.3) is 0 Å². The number of unbranched alkanes of at least 4 members (excludes halogenated alkanes) is 11. The van der Waals surface area contributed by atoms with Gasteiger partial charge in [-0.05, 0) is 29.7 Å². The van der Waals surface area contributed by atoms with Crippen LogP contribution >= 0.6 is 0 Å². The maximum Gasteiger partial charge on any atom is 0.408 e. The molecule has 2 aromatic carbocycles. The first-order valence-corrected chi connectivity index (χ1v) is 15.2. The maximum atomic E-state index is 12.8. The number of hydrogen-bond donors (Lipinski definition) is 3. The molecule has 0 saturated carbocycles. The second-order valence-electron chi connectivity index (χ2n) is 10.5. The molecule has 2 rings (SSSR count). The van der Waals surface area contributed by atoms with E-state index < -0.39 is 30.7 Å². The van der Waals surface area contributed by atoms with Gasteiger partial charge in [-0.1, -0.05) is 114 Å². The predicted molar refractivity (Wildman–Crippen MR) is 160 cm³/mol. The van der Waals surface area contributed by atoms with E-state index in [1.54, 1.807) is 12.1 Å². The molecular weight excluding hydrogens is 538 g/mol. The van der Waals surface area contributed by atoms with Gasteiger partial charge in [-0.15, -0.1) is 0 Å². The second kappa shape index (κ2) is 21.0. The predicted octanol–water partition coefficient (Wildman–Crippen LogP) is 6.72. The molecule has 0 saturated heterocycles. The van der Waals surface area contributed by atoms with E-state index in [9.17, 15) is 24.6 Å². The Labute approximate surface area is 249 Å². The van der Waals surface area contributed by atoms with Crippen molar-refractivity contribution in [1.29, 1.82) is 0 Å². The molecule has 9 nitrogen and oxygen atoms in total. The molecule has 0 radical (unpaired) electrons. The Morgan fingerprint density at radius 3 is 1.95 bits per heavy atom. The van der Waals surface area contributed by atoms with Gasteiger partial charge in [-0.3, -0.25) is 0 Å². The van der Waals surface area contributed by atoms with Crippen molar-refractivity contribution in [3.05, 3.63) is 59.7 Å². The van der Waals surface area contributed by atoms with Crippen LogP contribution in [-0.2, 0) is 36.8 Å². The number of carbonyl (C=O) groups excluding carboxylic acids is 3. The van der Waals surface area contributed by atoms with Crippen LogP contribution in [0.5, 0.6) is 11.5 Å². The fraction of sp³-hybridized carbons (Fsp3) is 0.545. The van der Waals surface area contributed by atoms with Crippen molar-refractivity contribution in [3.8, 4) is 11.5 Å². The quantitative estimate of drug-likeness (QED) is 0.0637. The average Bonchev–Trinajstić information content (AvgIpc) is 2.99. The lowest BCUT2D eigenvalue weighted by Crippen LogP contribution is -2.44. The molecule has 3 N–H and O–H groups in total. The number of ether oxygens (including phenoxy) is 3. The first kappa shape index (κ1) is 34.5. The topological polar surface area (TPSA) is 131 Å². The van der Waals surface area contributed by atoms with Crippen molar-refractivity contribution in [3.63, 3.8) is 0 Å². The van der Waals surface area contributed by atoms with Crippen LogP contribution in [0.1, 0.15) is 95.1 Å². The molecular formula is C33H47NO8. The number of benzene rings is 2. The van der Waals surface area contributed by atoms with E-state index in [1.807, 2.05) is 18.2 Å². The van der Waals surface area contributed by atoms with E-state index >= 15 is 0 Å². The molecule has 0 heterocycles. The molecule has 1 atom stereocenters. The number of hydrogen-bond acceptors (Lipinski definition) is 8. The summed E-state index contributed by atoms with van der Waals surface area (Å²) >= 11 is 0. The molecule has 232 valence electrons. The molecule has 9 heteroatoms. The minimum Gasteiger partial charge on any atom is -0.504 e. The number of rotatable bonds is 21. The number of nitrogens with one attached hydrogen (secondary N) is 1. The molecule has 1 amide bonds. The van der Waals surface area contributed by atoms with Crippen LogP contribution in [0, 0.1) is 0 Å². The fourth-order valence-corrected chi connectivity index (χ4v) is 4.43. The standard InChI is InChI=1S/C33H47NO8/c1-2-3-4-5-6-7-8-9-10-11-12-16-21-40-31(37)25-41-32(38)28(22-27-19-20-29(35)30(36)23-27)34-33(39)42-24-26-17-14-13-15-18-26/h13-15,17-20,23,28,35-36H,2-12,16,21-22,24-25H2,1H3,(H,34,39). The monoisotopic (exact) mass is 585 g/mol. The third-order valence-electron chi connectivity index (χ3n) is 6.86. The molecule has 2 aromatic rings. The van der Waals surface area contributed by atoms with Crippen molar-refractivity contribution >= 4 is 18.0 Å². The van der Waals surface area contributed by atoms with Crippen LogP contribution in [0.25, 0.3) is 0 Å². The largest absolute Gasteiger partial charge is 0.504 e. The lowest BCUT2D eigenvalue weighted by molar-refractivity contribution is -0.160. The number of alkyl carbamates (subject to hydrolysis) is 1. The van der Waals surface area contributed by atoms with Gasteiger partial charge in [0.2, 0.25) is 0 Å². The van der Waals surface area contributed by atoms with Crippen molar-refractivity contribution in [2.45, 2.75) is 103 Å². The van der Waals surface area contributed by atoms with Crippen LogP contribution in [0.4, 0.5) is 4.79 Å². The van der Waals surface area contributed by atoms with Crippen LogP contribution in [0.15, 0.2) is 48.5 Å². The summed E-state index contributed by atoms with van der Waals surface area (Å²) in [7, 11) is 0. The van der Waals surface area contributed by atoms with Crippen LogP contribution in [-0.4, -0.2) is 47.5 Å². The van der Waals surface area contributed by atoms with E-state index in [0.717, 1.165) is 24.8 Å². The van der Waals surface area contributed by atoms with Crippen LogP contribution in [0.2, 0.25) is 0 Å². The van der Waals surface area contributed by atoms with Gasteiger partial charge in [0.1, 0.15) is 12.6 Å². The van der Waals surface area contributed by atoms with Gasteiger partial charge < -0.3 is 29.7 Å². The Morgan fingerprint density at radius 1 is 0.714 bits per heavy atom. The van der Waals surface area contributed by atoms with Crippen molar-refractivity contribution in [1.82, 2.24) is 5.32 Å². The van der Waals surface area contributed by atoms with E-state index in [-0.39, 0.29) is 31.1 Å². The summed E-state index contributed by atoms with van der Waals surface area (Å²) in [6.07, 6.45) is 13.5. The summed E-state index contributed by atoms with van der Waals surface area (Å²) in [5.41, 5.74) is 1.22. The lowest BCUT2D eigenvalue weighted by Gasteiger charge is -2.18. The molecule has 0 aliphatic heterocycles. The Bertz CT molecular complexity index is 1060. The molecule has 0 fully saturated rings. The normalized spacial score (nSPS) is 11.5. The highest BCUT2D eigenvalue weighted by atomic mass is 16.6. The molecule has 0 aliphatic carbocycles. The zero-order valence-electron chi connectivity index (χ0n) is 24.9. The fourth-order valence-electron chi connectivity index (χ4n) is 4.43. The van der Waals surface area contributed by atoms with Gasteiger partial charge >= 0.3 is 18.0 Å². The minimum atomic E-state index is -1.21. The number of aromatic hydroxyl groups is 2. The minimum absolute atomic E-state index is 0.000110. The van der Waals surface area contributed by atoms with Gasteiger partial charge in [0, 0.05) is 6.42 Å². The van der Waals surface area contributed by atoms with Gasteiger partial charge in [0.15, 0.2) is 18.1 Å². The average molecular weight is 586 g/mol. The van der Waals surface area contributed by atoms with Crippen LogP contribution in [0.3, 0.4) is 0 Å². The highest BCUT2D eigenvalue weighted by Gasteiger charge is 2.25. The zero-order chi connectivity index (χ0) is 30.4. The highest BCUT2D eigenvalue weighted by molar-refractivity contribution is 5.83. The lowest BCUT2D eigenvalue weighted by atomic mass is 10.1. The van der Waals surface area contributed by atoms with Crippen molar-refractivity contribution in [2.75, 3.05) is 13.2 Å². The van der Waals surface area contributed by atoms with E-state index in [1.165, 1.54) is 76.0 Å². The number of phenols is 2. The van der Waals surface area contributed by atoms with Crippen molar-refractivity contribution < 1.29 is 38.8 Å². The van der Waals surface area contributed by atoms with Gasteiger partial charge in [-0.2, -0.15) is 0 Å². The Morgan fingerprint density at radius 2 is 1.33 bits per heavy atom. The smallest absolute Gasteiger partial charge is 0.408 e. The summed E-state index contributed by atoms with van der Waals surface area (Å²) in [6.45, 7) is 1.90. The number of amides is 1. The molecule has 0 aromatic heterocycles. The Balaban J connectivity index is 1.69. The first-order chi connectivity index (χ1) is 20.4. The van der Waals surface area contributed by atoms with Crippen LogP contribution < -0.4 is 5.32 Å². The molecule has 0 spiro atoms. The number of carbonyl (C=O) groups is 3. The van der Waals surface area contributed by atoms with E-state index in [4.69, 9.17) is 14.2 Å². The third-order valence-corrected chi connectivity index (χ3v) is 6.86. The third kappa shape index (κ3) is 15.3. The summed E-state index contributed by atoms with van der Waals surface area (Å²) in [6, 6.07) is 11.9. The Hall–Kier alpha value is -3.75. The van der Waals surface area contributed by atoms with E-state index in [2.05, 4.69) is 12.2 Å². The summed E-state index contributed by atoms with van der Waals surface area (Å²) in [5.74, 6) is -2.21. The highest BCUT2D eigenvalue weighted by Crippen LogP contribution is 2.25. The second-order valence-corrected chi connectivity index (χ2v) is 10.5.